The van der Waals surface area contributed by atoms with Gasteiger partial charge < -0.3 is 24.6 Å². The molecule has 5 atom stereocenters. The molecule has 2 aliphatic heterocycles. The van der Waals surface area contributed by atoms with Gasteiger partial charge >= 0.3 is 6.09 Å². The van der Waals surface area contributed by atoms with Crippen LogP contribution < -0.4 is 10.2 Å². The number of fused-ring (bicyclic) bond motifs is 1. The van der Waals surface area contributed by atoms with E-state index < -0.39 is 30.2 Å². The number of alkyl carbamates (subject to hydrolysis) is 1. The number of carbonyl (C=O) groups excluding carboxylic acids is 3. The molecular formula is C38H35N3O7S2. The van der Waals surface area contributed by atoms with Crippen LogP contribution in [0.25, 0.3) is 10.2 Å². The second kappa shape index (κ2) is 15.1. The van der Waals surface area contributed by atoms with E-state index in [0.717, 1.165) is 36.1 Å². The zero-order valence-corrected chi connectivity index (χ0v) is 28.8. The van der Waals surface area contributed by atoms with Crippen molar-refractivity contribution in [2.75, 3.05) is 10.7 Å². The van der Waals surface area contributed by atoms with Gasteiger partial charge in [0.15, 0.2) is 10.6 Å². The van der Waals surface area contributed by atoms with Crippen molar-refractivity contribution >= 4 is 56.9 Å². The molecule has 1 aromatic heterocycles. The maximum Gasteiger partial charge on any atom is 0.408 e. The molecule has 0 saturated carbocycles. The first kappa shape index (κ1) is 33.9. The lowest BCUT2D eigenvalue weighted by Gasteiger charge is -2.41. The van der Waals surface area contributed by atoms with E-state index in [-0.39, 0.29) is 37.8 Å². The van der Waals surface area contributed by atoms with E-state index in [2.05, 4.69) is 18.3 Å². The molecule has 3 amide bonds. The summed E-state index contributed by atoms with van der Waals surface area (Å²) in [5, 5.41) is 12.1. The zero-order chi connectivity index (χ0) is 34.6. The first-order valence-electron chi connectivity index (χ1n) is 16.3. The highest BCUT2D eigenvalue weighted by Gasteiger charge is 2.42. The fourth-order valence-electron chi connectivity index (χ4n) is 6.11. The van der Waals surface area contributed by atoms with Crippen molar-refractivity contribution in [3.8, 4) is 0 Å². The minimum Gasteiger partial charge on any atom is -0.445 e. The largest absolute Gasteiger partial charge is 0.445 e. The number of nitrogens with zero attached hydrogens (tertiary/aromatic N) is 2. The Balaban J connectivity index is 1.08. The SMILES string of the molecule is C[C@H]1[C@@H](CSc2nc3ccccc3s2)O[C@@H](c2cccc(N3C(=O)CC(NC(=O)OCc4ccccc4)C3=O)c2)O[C@H]1c1ccc(CO)cc1. The number of hydrogen-bond acceptors (Lipinski definition) is 10. The summed E-state index contributed by atoms with van der Waals surface area (Å²) < 4.78 is 20.6. The van der Waals surface area contributed by atoms with Gasteiger partial charge in [0, 0.05) is 17.2 Å². The number of thioether (sulfide) groups is 1. The zero-order valence-electron chi connectivity index (χ0n) is 27.1. The van der Waals surface area contributed by atoms with Crippen LogP contribution in [0.15, 0.2) is 107 Å². The molecule has 10 nitrogen and oxygen atoms in total. The number of rotatable bonds is 10. The van der Waals surface area contributed by atoms with E-state index in [9.17, 15) is 19.5 Å². The van der Waals surface area contributed by atoms with Crippen LogP contribution in [0.4, 0.5) is 10.5 Å². The van der Waals surface area contributed by atoms with E-state index in [0.29, 0.717) is 17.0 Å². The fourth-order valence-corrected chi connectivity index (χ4v) is 8.37. The molecule has 4 aromatic carbocycles. The molecule has 2 fully saturated rings. The number of benzene rings is 4. The number of anilines is 1. The van der Waals surface area contributed by atoms with Crippen molar-refractivity contribution < 1.29 is 33.7 Å². The van der Waals surface area contributed by atoms with E-state index >= 15 is 0 Å². The molecule has 50 heavy (non-hydrogen) atoms. The number of aromatic nitrogens is 1. The molecule has 0 spiro atoms. The van der Waals surface area contributed by atoms with Crippen molar-refractivity contribution in [1.82, 2.24) is 10.3 Å². The number of imide groups is 1. The number of aliphatic hydroxyl groups excluding tert-OH is 1. The molecule has 2 N–H and O–H groups in total. The highest BCUT2D eigenvalue weighted by atomic mass is 32.2. The van der Waals surface area contributed by atoms with Crippen LogP contribution in [0.2, 0.25) is 0 Å². The molecule has 12 heteroatoms. The summed E-state index contributed by atoms with van der Waals surface area (Å²) in [5.74, 6) is -0.393. The summed E-state index contributed by atoms with van der Waals surface area (Å²) in [6.07, 6.45) is -2.33. The number of ether oxygens (including phenoxy) is 3. The Hall–Kier alpha value is -4.59. The van der Waals surface area contributed by atoms with Gasteiger partial charge in [-0.2, -0.15) is 0 Å². The van der Waals surface area contributed by atoms with Crippen molar-refractivity contribution in [2.24, 2.45) is 5.92 Å². The Labute approximate surface area is 297 Å². The highest BCUT2D eigenvalue weighted by molar-refractivity contribution is 8.01. The predicted octanol–water partition coefficient (Wildman–Crippen LogP) is 6.93. The fraction of sp³-hybridized carbons (Fsp3) is 0.263. The third kappa shape index (κ3) is 7.44. The Kier molecular flexibility index (Phi) is 10.2. The molecule has 256 valence electrons. The maximum atomic E-state index is 13.4. The summed E-state index contributed by atoms with van der Waals surface area (Å²) >= 11 is 3.28. The van der Waals surface area contributed by atoms with Gasteiger partial charge in [-0.25, -0.2) is 14.7 Å². The minimum absolute atomic E-state index is 0.0356. The second-order valence-corrected chi connectivity index (χ2v) is 14.5. The number of amides is 3. The molecular weight excluding hydrogens is 675 g/mol. The Morgan fingerprint density at radius 3 is 2.52 bits per heavy atom. The van der Waals surface area contributed by atoms with Gasteiger partial charge in [0.25, 0.3) is 5.91 Å². The van der Waals surface area contributed by atoms with Crippen molar-refractivity contribution in [3.05, 3.63) is 125 Å². The second-order valence-electron chi connectivity index (χ2n) is 12.2. The third-order valence-corrected chi connectivity index (χ3v) is 11.1. The predicted molar refractivity (Wildman–Crippen MR) is 190 cm³/mol. The molecule has 2 saturated heterocycles. The number of aliphatic hydroxyl groups is 1. The summed E-state index contributed by atoms with van der Waals surface area (Å²) in [6.45, 7) is 2.08. The number of nitrogens with one attached hydrogen (secondary N) is 1. The molecule has 2 aliphatic rings. The number of hydrogen-bond donors (Lipinski definition) is 2. The lowest BCUT2D eigenvalue weighted by atomic mass is 9.91. The quantitative estimate of drug-likeness (QED) is 0.117. The highest BCUT2D eigenvalue weighted by Crippen LogP contribution is 2.44. The minimum atomic E-state index is -1.05. The lowest BCUT2D eigenvalue weighted by molar-refractivity contribution is -0.268. The molecule has 0 aliphatic carbocycles. The van der Waals surface area contributed by atoms with Gasteiger partial charge in [-0.3, -0.25) is 9.59 Å². The summed E-state index contributed by atoms with van der Waals surface area (Å²) in [5.41, 5.74) is 4.52. The standard InChI is InChI=1S/C38H35N3O7S2/c1-23-31(22-49-38-40-29-12-5-6-13-32(29)50-38)47-36(48-34(23)26-16-14-24(20-42)15-17-26)27-10-7-11-28(18-27)41-33(43)19-30(35(41)44)39-37(45)46-21-25-8-3-2-4-9-25/h2-18,23,30-31,34,36,42H,19-22H2,1H3,(H,39,45)/t23-,30?,31+,34+,36+/m0/s1. The first-order chi connectivity index (χ1) is 24.4. The molecule has 3 heterocycles. The van der Waals surface area contributed by atoms with E-state index in [1.54, 1.807) is 41.3 Å². The number of thiazole rings is 1. The van der Waals surface area contributed by atoms with Crippen LogP contribution in [0.1, 0.15) is 48.0 Å². The van der Waals surface area contributed by atoms with Crippen LogP contribution in [-0.4, -0.2) is 45.9 Å². The van der Waals surface area contributed by atoms with Gasteiger partial charge in [0.05, 0.1) is 41.1 Å². The van der Waals surface area contributed by atoms with Crippen LogP contribution >= 0.6 is 23.1 Å². The number of carbonyl (C=O) groups is 3. The summed E-state index contributed by atoms with van der Waals surface area (Å²) in [6, 6.07) is 30.9. The Bertz CT molecular complexity index is 1950. The first-order valence-corrected chi connectivity index (χ1v) is 18.1. The Morgan fingerprint density at radius 2 is 1.74 bits per heavy atom. The molecule has 1 unspecified atom stereocenters. The van der Waals surface area contributed by atoms with Gasteiger partial charge in [-0.15, -0.1) is 11.3 Å². The molecule has 0 radical (unpaired) electrons. The summed E-state index contributed by atoms with van der Waals surface area (Å²) in [4.78, 5) is 44.9. The Morgan fingerprint density at radius 1 is 0.960 bits per heavy atom. The van der Waals surface area contributed by atoms with Crippen molar-refractivity contribution in [3.63, 3.8) is 0 Å². The van der Waals surface area contributed by atoms with E-state index in [4.69, 9.17) is 19.2 Å². The lowest BCUT2D eigenvalue weighted by Crippen LogP contribution is -2.42. The number of para-hydroxylation sites is 1. The van der Waals surface area contributed by atoms with Crippen LogP contribution in [-0.2, 0) is 37.0 Å². The average molecular weight is 710 g/mol. The van der Waals surface area contributed by atoms with Crippen LogP contribution in [0.3, 0.4) is 0 Å². The van der Waals surface area contributed by atoms with Gasteiger partial charge in [-0.05, 0) is 41.0 Å². The van der Waals surface area contributed by atoms with Crippen molar-refractivity contribution in [1.29, 1.82) is 0 Å². The van der Waals surface area contributed by atoms with E-state index in [1.165, 1.54) is 0 Å². The average Bonchev–Trinajstić information content (AvgIpc) is 3.69. The maximum absolute atomic E-state index is 13.4. The third-order valence-electron chi connectivity index (χ3n) is 8.82. The van der Waals surface area contributed by atoms with E-state index in [1.807, 2.05) is 78.9 Å². The van der Waals surface area contributed by atoms with Crippen LogP contribution in [0.5, 0.6) is 0 Å². The molecule has 7 rings (SSSR count). The van der Waals surface area contributed by atoms with Gasteiger partial charge in [-0.1, -0.05) is 97.5 Å². The van der Waals surface area contributed by atoms with Gasteiger partial charge in [0.2, 0.25) is 5.91 Å². The molecule has 5 aromatic rings. The molecule has 0 bridgehead atoms. The van der Waals surface area contributed by atoms with Crippen molar-refractivity contribution in [2.45, 2.75) is 55.4 Å². The smallest absolute Gasteiger partial charge is 0.408 e. The van der Waals surface area contributed by atoms with Crippen LogP contribution in [0, 0.1) is 5.92 Å². The normalized spacial score (nSPS) is 22.2. The summed E-state index contributed by atoms with van der Waals surface area (Å²) in [7, 11) is 0. The monoisotopic (exact) mass is 709 g/mol. The topological polar surface area (TPSA) is 127 Å². The van der Waals surface area contributed by atoms with Gasteiger partial charge in [0.1, 0.15) is 12.6 Å².